The molecule has 0 saturated carbocycles. The topological polar surface area (TPSA) is 195 Å². The summed E-state index contributed by atoms with van der Waals surface area (Å²) in [4.78, 5) is 45.7. The van der Waals surface area contributed by atoms with Gasteiger partial charge in [0, 0.05) is 0 Å². The Kier molecular flexibility index (Phi) is 5.69. The number of rotatable bonds is 6. The number of nitrogens with zero attached hydrogens (tertiary/aromatic N) is 1. The van der Waals surface area contributed by atoms with E-state index < -0.39 is 38.7 Å². The van der Waals surface area contributed by atoms with E-state index in [2.05, 4.69) is 9.05 Å². The van der Waals surface area contributed by atoms with Crippen LogP contribution in [0.1, 0.15) is 5.56 Å². The van der Waals surface area contributed by atoms with Gasteiger partial charge < -0.3 is 14.2 Å². The minimum Gasteiger partial charge on any atom is -0.477 e. The SMILES string of the molecule is N#C/C(=C\c1ccc(OP(=O)(O)O)c(OP(=O)(O)O)c1)C(=O)O. The van der Waals surface area contributed by atoms with E-state index in [-0.39, 0.29) is 5.56 Å². The van der Waals surface area contributed by atoms with Gasteiger partial charge in [-0.3, -0.25) is 19.6 Å². The largest absolute Gasteiger partial charge is 0.524 e. The minimum absolute atomic E-state index is 0.0366. The lowest BCUT2D eigenvalue weighted by Crippen LogP contribution is -1.99. The predicted molar refractivity (Wildman–Crippen MR) is 73.0 cm³/mol. The van der Waals surface area contributed by atoms with E-state index in [9.17, 15) is 13.9 Å². The van der Waals surface area contributed by atoms with Crippen molar-refractivity contribution in [2.75, 3.05) is 0 Å². The van der Waals surface area contributed by atoms with Crippen molar-refractivity contribution in [3.8, 4) is 17.6 Å². The van der Waals surface area contributed by atoms with Gasteiger partial charge in [-0.15, -0.1) is 0 Å². The Bertz CT molecular complexity index is 783. The maximum absolute atomic E-state index is 10.9. The van der Waals surface area contributed by atoms with Gasteiger partial charge in [-0.05, 0) is 23.8 Å². The molecule has 1 aromatic rings. The van der Waals surface area contributed by atoms with Crippen LogP contribution in [0.15, 0.2) is 23.8 Å². The Morgan fingerprint density at radius 1 is 1.09 bits per heavy atom. The second kappa shape index (κ2) is 6.93. The van der Waals surface area contributed by atoms with Crippen molar-refractivity contribution in [1.29, 1.82) is 5.26 Å². The molecule has 0 fully saturated rings. The molecule has 11 nitrogen and oxygen atoms in total. The number of phosphoric ester groups is 2. The standard InChI is InChI=1S/C10H9NO10P2/c11-5-7(10(12)13)3-6-1-2-8(20-22(14,15)16)9(4-6)21-23(17,18)19/h1-4H,(H,12,13)(H2,14,15,16)(H2,17,18,19)/b7-3+. The lowest BCUT2D eigenvalue weighted by Gasteiger charge is -2.13. The van der Waals surface area contributed by atoms with Crippen molar-refractivity contribution in [2.24, 2.45) is 0 Å². The zero-order chi connectivity index (χ0) is 17.8. The molecule has 1 rings (SSSR count). The van der Waals surface area contributed by atoms with Crippen molar-refractivity contribution in [2.45, 2.75) is 0 Å². The highest BCUT2D eigenvalue weighted by atomic mass is 31.2. The normalized spacial score (nSPS) is 12.4. The number of carboxylic acid groups (broad SMARTS) is 1. The summed E-state index contributed by atoms with van der Waals surface area (Å²) in [7, 11) is -10.1. The molecule has 0 bridgehead atoms. The second-order valence-corrected chi connectivity index (χ2v) is 6.17. The molecule has 0 atom stereocenters. The van der Waals surface area contributed by atoms with Gasteiger partial charge in [0.1, 0.15) is 11.6 Å². The third-order valence-corrected chi connectivity index (χ3v) is 2.93. The maximum Gasteiger partial charge on any atom is 0.524 e. The average molecular weight is 365 g/mol. The number of benzene rings is 1. The first-order valence-corrected chi connectivity index (χ1v) is 8.47. The van der Waals surface area contributed by atoms with E-state index in [4.69, 9.17) is 29.9 Å². The molecular formula is C10H9NO10P2. The zero-order valence-electron chi connectivity index (χ0n) is 10.9. The Labute approximate surface area is 128 Å². The summed E-state index contributed by atoms with van der Waals surface area (Å²) in [6.45, 7) is 0. The Balaban J connectivity index is 3.38. The van der Waals surface area contributed by atoms with Crippen LogP contribution in [0.3, 0.4) is 0 Å². The van der Waals surface area contributed by atoms with Crippen LogP contribution in [0.5, 0.6) is 11.5 Å². The van der Waals surface area contributed by atoms with E-state index in [0.29, 0.717) is 0 Å². The molecular weight excluding hydrogens is 356 g/mol. The summed E-state index contributed by atoms with van der Waals surface area (Å²) < 4.78 is 30.1. The van der Waals surface area contributed by atoms with Crippen LogP contribution in [0.25, 0.3) is 6.08 Å². The van der Waals surface area contributed by atoms with Crippen LogP contribution in [0.2, 0.25) is 0 Å². The first-order valence-electron chi connectivity index (χ1n) is 5.41. The van der Waals surface area contributed by atoms with Gasteiger partial charge in [0.05, 0.1) is 0 Å². The molecule has 5 N–H and O–H groups in total. The number of hydrogen-bond acceptors (Lipinski definition) is 6. The minimum atomic E-state index is -5.10. The quantitative estimate of drug-likeness (QED) is 0.269. The van der Waals surface area contributed by atoms with Gasteiger partial charge in [0.15, 0.2) is 11.5 Å². The molecule has 124 valence electrons. The molecule has 0 spiro atoms. The van der Waals surface area contributed by atoms with Crippen LogP contribution in [-0.2, 0) is 13.9 Å². The maximum atomic E-state index is 10.9. The highest BCUT2D eigenvalue weighted by Gasteiger charge is 2.24. The summed E-state index contributed by atoms with van der Waals surface area (Å²) in [5.41, 5.74) is -0.721. The average Bonchev–Trinajstić information content (AvgIpc) is 2.35. The Hall–Kier alpha value is -2.18. The van der Waals surface area contributed by atoms with Crippen molar-refractivity contribution in [3.05, 3.63) is 29.3 Å². The fourth-order valence-corrected chi connectivity index (χ4v) is 2.13. The zero-order valence-corrected chi connectivity index (χ0v) is 12.7. The number of carboxylic acids is 1. The van der Waals surface area contributed by atoms with Crippen LogP contribution in [0, 0.1) is 11.3 Å². The van der Waals surface area contributed by atoms with Crippen molar-refractivity contribution < 1.29 is 47.7 Å². The van der Waals surface area contributed by atoms with E-state index in [1.54, 1.807) is 0 Å². The number of hydrogen-bond donors (Lipinski definition) is 5. The first kappa shape index (κ1) is 18.9. The molecule has 23 heavy (non-hydrogen) atoms. The lowest BCUT2D eigenvalue weighted by atomic mass is 10.1. The van der Waals surface area contributed by atoms with Crippen molar-refractivity contribution in [1.82, 2.24) is 0 Å². The van der Waals surface area contributed by atoms with E-state index in [1.165, 1.54) is 6.07 Å². The van der Waals surface area contributed by atoms with E-state index in [0.717, 1.165) is 24.3 Å². The fourth-order valence-electron chi connectivity index (χ4n) is 1.33. The summed E-state index contributed by atoms with van der Waals surface area (Å²) in [5.74, 6) is -2.98. The van der Waals surface area contributed by atoms with Crippen molar-refractivity contribution in [3.63, 3.8) is 0 Å². The smallest absolute Gasteiger partial charge is 0.477 e. The summed E-state index contributed by atoms with van der Waals surface area (Å²) in [6.07, 6.45) is 0.857. The fraction of sp³-hybridized carbons (Fsp3) is 0. The highest BCUT2D eigenvalue weighted by Crippen LogP contribution is 2.47. The molecule has 0 aliphatic carbocycles. The number of carbonyl (C=O) groups is 1. The predicted octanol–water partition coefficient (Wildman–Crippen LogP) is 0.621. The molecule has 13 heteroatoms. The number of nitriles is 1. The summed E-state index contributed by atoms with van der Waals surface area (Å²) >= 11 is 0. The third-order valence-electron chi connectivity index (χ3n) is 2.06. The molecule has 0 unspecified atom stereocenters. The molecule has 0 aromatic heterocycles. The molecule has 0 aliphatic heterocycles. The van der Waals surface area contributed by atoms with Crippen LogP contribution >= 0.6 is 15.6 Å². The molecule has 0 aliphatic rings. The van der Waals surface area contributed by atoms with Gasteiger partial charge in [-0.25, -0.2) is 13.9 Å². The van der Waals surface area contributed by atoms with Gasteiger partial charge in [-0.2, -0.15) is 5.26 Å². The van der Waals surface area contributed by atoms with E-state index >= 15 is 0 Å². The van der Waals surface area contributed by atoms with Gasteiger partial charge in [0.25, 0.3) is 0 Å². The molecule has 0 heterocycles. The number of phosphoric acid groups is 2. The Morgan fingerprint density at radius 3 is 2.04 bits per heavy atom. The molecule has 0 amide bonds. The lowest BCUT2D eigenvalue weighted by molar-refractivity contribution is -0.132. The summed E-state index contributed by atoms with van der Waals surface area (Å²) in [5, 5.41) is 17.4. The molecule has 1 aromatic carbocycles. The van der Waals surface area contributed by atoms with Crippen molar-refractivity contribution >= 4 is 27.7 Å². The monoisotopic (exact) mass is 365 g/mol. The van der Waals surface area contributed by atoms with Crippen LogP contribution < -0.4 is 9.05 Å². The van der Waals surface area contributed by atoms with Gasteiger partial charge in [0.2, 0.25) is 0 Å². The third kappa shape index (κ3) is 6.63. The molecule has 0 saturated heterocycles. The van der Waals surface area contributed by atoms with E-state index in [1.807, 2.05) is 0 Å². The van der Waals surface area contributed by atoms with Crippen LogP contribution in [0.4, 0.5) is 0 Å². The number of aliphatic carboxylic acids is 1. The van der Waals surface area contributed by atoms with Gasteiger partial charge >= 0.3 is 21.6 Å². The molecule has 0 radical (unpaired) electrons. The Morgan fingerprint density at radius 2 is 1.61 bits per heavy atom. The first-order chi connectivity index (χ1) is 10.4. The summed E-state index contributed by atoms with van der Waals surface area (Å²) in [6, 6.07) is 4.20. The van der Waals surface area contributed by atoms with Crippen LogP contribution in [-0.4, -0.2) is 30.6 Å². The second-order valence-electron chi connectivity index (χ2n) is 3.84. The highest BCUT2D eigenvalue weighted by molar-refractivity contribution is 7.47. The van der Waals surface area contributed by atoms with Gasteiger partial charge in [-0.1, -0.05) is 6.07 Å².